The minimum atomic E-state index is -0.966. The molecule has 1 heterocycles. The van der Waals surface area contributed by atoms with Gasteiger partial charge < -0.3 is 9.84 Å². The lowest BCUT2D eigenvalue weighted by Crippen LogP contribution is -2.17. The predicted molar refractivity (Wildman–Crippen MR) is 97.8 cm³/mol. The maximum absolute atomic E-state index is 12.3. The molecule has 0 fully saturated rings. The van der Waals surface area contributed by atoms with E-state index in [1.54, 1.807) is 5.38 Å². The van der Waals surface area contributed by atoms with Crippen LogP contribution in [0, 0.1) is 0 Å². The largest absolute Gasteiger partial charge is 0.485 e. The van der Waals surface area contributed by atoms with Gasteiger partial charge in [-0.3, -0.25) is 9.59 Å². The molecule has 0 atom stereocenters. The van der Waals surface area contributed by atoms with Gasteiger partial charge in [0.05, 0.1) is 12.1 Å². The smallest absolute Gasteiger partial charge is 0.309 e. The van der Waals surface area contributed by atoms with Crippen molar-refractivity contribution in [2.75, 3.05) is 6.61 Å². The Hall–Kier alpha value is -2.21. The number of thiazole rings is 1. The van der Waals surface area contributed by atoms with E-state index < -0.39 is 5.97 Å². The van der Waals surface area contributed by atoms with E-state index in [9.17, 15) is 9.59 Å². The van der Waals surface area contributed by atoms with Crippen molar-refractivity contribution in [3.8, 4) is 5.75 Å². The summed E-state index contributed by atoms with van der Waals surface area (Å²) in [7, 11) is 0. The van der Waals surface area contributed by atoms with Crippen molar-refractivity contribution in [2.24, 2.45) is 0 Å². The molecule has 0 aliphatic rings. The second-order valence-corrected chi connectivity index (χ2v) is 7.72. The van der Waals surface area contributed by atoms with Crippen molar-refractivity contribution in [2.45, 2.75) is 46.0 Å². The molecule has 0 spiro atoms. The van der Waals surface area contributed by atoms with Gasteiger partial charge in [-0.05, 0) is 29.0 Å². The first-order valence-electron chi connectivity index (χ1n) is 8.16. The molecule has 0 unspecified atom stereocenters. The minimum absolute atomic E-state index is 0.0978. The highest BCUT2D eigenvalue weighted by Gasteiger charge is 2.21. The molecule has 0 bridgehead atoms. The topological polar surface area (TPSA) is 76.5 Å². The van der Waals surface area contributed by atoms with Gasteiger partial charge in [-0.2, -0.15) is 0 Å². The molecule has 1 aromatic carbocycles. The zero-order valence-electron chi connectivity index (χ0n) is 15.0. The number of benzene rings is 1. The summed E-state index contributed by atoms with van der Waals surface area (Å²) in [5, 5.41) is 10.6. The average Bonchev–Trinajstić information content (AvgIpc) is 2.99. The van der Waals surface area contributed by atoms with E-state index in [2.05, 4.69) is 38.7 Å². The first kappa shape index (κ1) is 19.1. The summed E-state index contributed by atoms with van der Waals surface area (Å²) in [6.45, 7) is 8.30. The number of aryl methyl sites for hydroxylation is 1. The number of Topliss-reactive ketones (excluding diaryl/α,β-unsaturated/α-hetero) is 1. The number of hydrogen-bond acceptors (Lipinski definition) is 5. The van der Waals surface area contributed by atoms with Crippen LogP contribution in [0.4, 0.5) is 0 Å². The van der Waals surface area contributed by atoms with Crippen LogP contribution in [0.3, 0.4) is 0 Å². The highest BCUT2D eigenvalue weighted by molar-refractivity contribution is 7.11. The summed E-state index contributed by atoms with van der Waals surface area (Å²) in [5.41, 5.74) is 2.58. The Kier molecular flexibility index (Phi) is 5.95. The molecule has 1 N–H and O–H groups in total. The van der Waals surface area contributed by atoms with E-state index in [4.69, 9.17) is 9.84 Å². The van der Waals surface area contributed by atoms with Gasteiger partial charge in [-0.15, -0.1) is 11.3 Å². The van der Waals surface area contributed by atoms with Gasteiger partial charge in [0.2, 0.25) is 5.78 Å². The van der Waals surface area contributed by atoms with E-state index in [0.29, 0.717) is 11.4 Å². The van der Waals surface area contributed by atoms with Crippen LogP contribution in [-0.2, 0) is 23.1 Å². The lowest BCUT2D eigenvalue weighted by atomic mass is 9.85. The normalized spacial score (nSPS) is 11.4. The van der Waals surface area contributed by atoms with E-state index >= 15 is 0 Å². The maximum atomic E-state index is 12.3. The highest BCUT2D eigenvalue weighted by Crippen LogP contribution is 2.32. The molecule has 0 saturated carbocycles. The standard InChI is InChI=1S/C19H23NO4S/c1-5-12-6-7-16(14(8-12)19(2,3)4)24-10-15(21)18-20-13(11-25-18)9-17(22)23/h6-8,11H,5,9-10H2,1-4H3,(H,22,23). The van der Waals surface area contributed by atoms with Crippen LogP contribution in [0.15, 0.2) is 23.6 Å². The fourth-order valence-corrected chi connectivity index (χ4v) is 3.13. The van der Waals surface area contributed by atoms with Crippen LogP contribution in [0.2, 0.25) is 0 Å². The molecule has 2 aromatic rings. The molecule has 1 aromatic heterocycles. The van der Waals surface area contributed by atoms with Gasteiger partial charge >= 0.3 is 5.97 Å². The number of aromatic nitrogens is 1. The summed E-state index contributed by atoms with van der Waals surface area (Å²) in [6.07, 6.45) is 0.755. The van der Waals surface area contributed by atoms with Gasteiger partial charge in [-0.25, -0.2) is 4.98 Å². The van der Waals surface area contributed by atoms with E-state index in [1.807, 2.05) is 12.1 Å². The van der Waals surface area contributed by atoms with Crippen molar-refractivity contribution in [1.82, 2.24) is 4.98 Å². The molecule has 5 nitrogen and oxygen atoms in total. The third kappa shape index (κ3) is 5.13. The van der Waals surface area contributed by atoms with Crippen LogP contribution >= 0.6 is 11.3 Å². The quantitative estimate of drug-likeness (QED) is 0.757. The van der Waals surface area contributed by atoms with Gasteiger partial charge in [0.1, 0.15) is 5.75 Å². The van der Waals surface area contributed by atoms with Crippen LogP contribution in [0.1, 0.15) is 54.3 Å². The van der Waals surface area contributed by atoms with E-state index in [0.717, 1.165) is 23.3 Å². The monoisotopic (exact) mass is 361 g/mol. The molecule has 0 aliphatic heterocycles. The Bertz CT molecular complexity index is 774. The van der Waals surface area contributed by atoms with Crippen molar-refractivity contribution in [3.63, 3.8) is 0 Å². The number of aliphatic carboxylic acids is 1. The molecule has 2 rings (SSSR count). The Labute approximate surface area is 151 Å². The number of ether oxygens (including phenoxy) is 1. The van der Waals surface area contributed by atoms with Gasteiger partial charge in [0.25, 0.3) is 0 Å². The molecule has 134 valence electrons. The van der Waals surface area contributed by atoms with Crippen molar-refractivity contribution in [1.29, 1.82) is 0 Å². The SMILES string of the molecule is CCc1ccc(OCC(=O)c2nc(CC(=O)O)cs2)c(C(C)(C)C)c1. The summed E-state index contributed by atoms with van der Waals surface area (Å²) >= 11 is 1.15. The molecule has 6 heteroatoms. The minimum Gasteiger partial charge on any atom is -0.485 e. The molecular weight excluding hydrogens is 338 g/mol. The zero-order valence-corrected chi connectivity index (χ0v) is 15.8. The second-order valence-electron chi connectivity index (χ2n) is 6.86. The summed E-state index contributed by atoms with van der Waals surface area (Å²) in [5.74, 6) is -0.521. The summed E-state index contributed by atoms with van der Waals surface area (Å²) in [6, 6.07) is 6.03. The second kappa shape index (κ2) is 7.78. The first-order valence-corrected chi connectivity index (χ1v) is 9.04. The maximum Gasteiger partial charge on any atom is 0.309 e. The fourth-order valence-electron chi connectivity index (χ4n) is 2.39. The molecule has 0 radical (unpaired) electrons. The van der Waals surface area contributed by atoms with E-state index in [-0.39, 0.29) is 29.2 Å². The third-order valence-corrected chi connectivity index (χ3v) is 4.67. The van der Waals surface area contributed by atoms with Gasteiger partial charge in [0, 0.05) is 5.38 Å². The number of rotatable bonds is 7. The van der Waals surface area contributed by atoms with Crippen LogP contribution in [0.5, 0.6) is 5.75 Å². The molecule has 25 heavy (non-hydrogen) atoms. The van der Waals surface area contributed by atoms with Crippen molar-refractivity contribution < 1.29 is 19.4 Å². The Balaban J connectivity index is 2.11. The predicted octanol–water partition coefficient (Wildman–Crippen LogP) is 3.89. The summed E-state index contributed by atoms with van der Waals surface area (Å²) < 4.78 is 5.77. The number of carbonyl (C=O) groups excluding carboxylic acids is 1. The number of ketones is 1. The molecule has 0 amide bonds. The lowest BCUT2D eigenvalue weighted by molar-refractivity contribution is -0.136. The summed E-state index contributed by atoms with van der Waals surface area (Å²) in [4.78, 5) is 27.0. The third-order valence-electron chi connectivity index (χ3n) is 3.74. The van der Waals surface area contributed by atoms with Crippen molar-refractivity contribution in [3.05, 3.63) is 45.4 Å². The molecule has 0 aliphatic carbocycles. The van der Waals surface area contributed by atoms with Crippen LogP contribution in [0.25, 0.3) is 0 Å². The van der Waals surface area contributed by atoms with E-state index in [1.165, 1.54) is 5.56 Å². The van der Waals surface area contributed by atoms with Crippen molar-refractivity contribution >= 4 is 23.1 Å². The Morgan fingerprint density at radius 3 is 2.60 bits per heavy atom. The van der Waals surface area contributed by atoms with Crippen LogP contribution in [-0.4, -0.2) is 28.4 Å². The number of carboxylic acid groups (broad SMARTS) is 1. The van der Waals surface area contributed by atoms with Gasteiger partial charge in [0.15, 0.2) is 11.6 Å². The lowest BCUT2D eigenvalue weighted by Gasteiger charge is -2.23. The first-order chi connectivity index (χ1) is 11.7. The number of hydrogen-bond donors (Lipinski definition) is 1. The van der Waals surface area contributed by atoms with Crippen LogP contribution < -0.4 is 4.74 Å². The average molecular weight is 361 g/mol. The Morgan fingerprint density at radius 1 is 1.28 bits per heavy atom. The number of nitrogens with zero attached hydrogens (tertiary/aromatic N) is 1. The molecule has 0 saturated heterocycles. The number of carboxylic acids is 1. The zero-order chi connectivity index (χ0) is 18.6. The fraction of sp³-hybridized carbons (Fsp3) is 0.421. The molecular formula is C19H23NO4S. The highest BCUT2D eigenvalue weighted by atomic mass is 32.1. The Morgan fingerprint density at radius 2 is 2.00 bits per heavy atom. The van der Waals surface area contributed by atoms with Gasteiger partial charge in [-0.1, -0.05) is 39.8 Å². The number of carbonyl (C=O) groups is 2.